The molecule has 6 heteroatoms. The number of anilines is 2. The molecular formula is C12H17FN2O3. The minimum atomic E-state index is -1.37. The molecule has 0 saturated heterocycles. The van der Waals surface area contributed by atoms with Gasteiger partial charge in [0.05, 0.1) is 23.0 Å². The molecule has 100 valence electrons. The van der Waals surface area contributed by atoms with Crippen molar-refractivity contribution < 1.29 is 19.4 Å². The van der Waals surface area contributed by atoms with E-state index in [4.69, 9.17) is 10.8 Å². The quantitative estimate of drug-likeness (QED) is 0.599. The van der Waals surface area contributed by atoms with Crippen molar-refractivity contribution in [2.75, 3.05) is 17.6 Å². The van der Waals surface area contributed by atoms with Crippen molar-refractivity contribution in [3.63, 3.8) is 0 Å². The van der Waals surface area contributed by atoms with Crippen LogP contribution in [0.4, 0.5) is 15.8 Å². The number of nitrogen functional groups attached to an aromatic ring is 1. The van der Waals surface area contributed by atoms with Crippen LogP contribution in [0, 0.1) is 11.7 Å². The van der Waals surface area contributed by atoms with Crippen LogP contribution in [0.3, 0.4) is 0 Å². The van der Waals surface area contributed by atoms with Crippen molar-refractivity contribution in [2.45, 2.75) is 20.0 Å². The second-order valence-corrected chi connectivity index (χ2v) is 4.42. The molecule has 1 atom stereocenters. The molecule has 0 radical (unpaired) electrons. The number of carboxylic acids is 1. The highest BCUT2D eigenvalue weighted by molar-refractivity contribution is 5.90. The number of hydrogen-bond acceptors (Lipinski definition) is 4. The van der Waals surface area contributed by atoms with Gasteiger partial charge in [-0.2, -0.15) is 0 Å². The summed E-state index contributed by atoms with van der Waals surface area (Å²) >= 11 is 0. The van der Waals surface area contributed by atoms with Gasteiger partial charge < -0.3 is 21.3 Å². The van der Waals surface area contributed by atoms with Crippen LogP contribution in [0.1, 0.15) is 24.2 Å². The molecule has 1 aromatic carbocycles. The highest BCUT2D eigenvalue weighted by Gasteiger charge is 2.15. The minimum absolute atomic E-state index is 0.0573. The topological polar surface area (TPSA) is 95.6 Å². The van der Waals surface area contributed by atoms with Gasteiger partial charge in [-0.3, -0.25) is 0 Å². The van der Waals surface area contributed by atoms with E-state index in [2.05, 4.69) is 5.32 Å². The normalized spacial score (nSPS) is 12.5. The molecule has 0 bridgehead atoms. The van der Waals surface area contributed by atoms with Crippen molar-refractivity contribution in [2.24, 2.45) is 5.92 Å². The molecule has 18 heavy (non-hydrogen) atoms. The number of halogens is 1. The maximum absolute atomic E-state index is 13.4. The number of aliphatic hydroxyl groups excluding tert-OH is 1. The molecule has 0 aliphatic heterocycles. The summed E-state index contributed by atoms with van der Waals surface area (Å²) in [4.78, 5) is 10.7. The second-order valence-electron chi connectivity index (χ2n) is 4.42. The van der Waals surface area contributed by atoms with E-state index in [1.807, 2.05) is 13.8 Å². The molecule has 0 fully saturated rings. The Labute approximate surface area is 104 Å². The van der Waals surface area contributed by atoms with Gasteiger partial charge in [0.25, 0.3) is 0 Å². The summed E-state index contributed by atoms with van der Waals surface area (Å²) in [6, 6.07) is 2.08. The number of hydrogen-bond donors (Lipinski definition) is 4. The van der Waals surface area contributed by atoms with Gasteiger partial charge in [-0.05, 0) is 18.1 Å². The van der Waals surface area contributed by atoms with Gasteiger partial charge in [-0.15, -0.1) is 0 Å². The average molecular weight is 256 g/mol. The van der Waals surface area contributed by atoms with Crippen molar-refractivity contribution in [1.82, 2.24) is 0 Å². The van der Waals surface area contributed by atoms with Crippen LogP contribution in [0.5, 0.6) is 0 Å². The number of aliphatic hydroxyl groups is 1. The first kappa shape index (κ1) is 14.2. The van der Waals surface area contributed by atoms with Gasteiger partial charge in [0.1, 0.15) is 5.82 Å². The summed E-state index contributed by atoms with van der Waals surface area (Å²) in [6.07, 6.45) is -0.591. The van der Waals surface area contributed by atoms with Gasteiger partial charge in [0.2, 0.25) is 0 Å². The van der Waals surface area contributed by atoms with Crippen LogP contribution in [0.2, 0.25) is 0 Å². The zero-order valence-electron chi connectivity index (χ0n) is 10.3. The van der Waals surface area contributed by atoms with E-state index < -0.39 is 23.5 Å². The summed E-state index contributed by atoms with van der Waals surface area (Å²) < 4.78 is 13.4. The van der Waals surface area contributed by atoms with E-state index in [1.54, 1.807) is 0 Å². The fourth-order valence-electron chi connectivity index (χ4n) is 1.36. The maximum atomic E-state index is 13.4. The number of rotatable bonds is 5. The monoisotopic (exact) mass is 256 g/mol. The molecule has 5 nitrogen and oxygen atoms in total. The lowest BCUT2D eigenvalue weighted by molar-refractivity contribution is 0.0692. The lowest BCUT2D eigenvalue weighted by Crippen LogP contribution is -2.25. The predicted molar refractivity (Wildman–Crippen MR) is 67.1 cm³/mol. The third-order valence-electron chi connectivity index (χ3n) is 2.64. The molecule has 0 aromatic heterocycles. The number of carbonyl (C=O) groups is 1. The van der Waals surface area contributed by atoms with Gasteiger partial charge >= 0.3 is 5.97 Å². The van der Waals surface area contributed by atoms with Gasteiger partial charge in [0, 0.05) is 6.54 Å². The molecule has 0 heterocycles. The van der Waals surface area contributed by atoms with Crippen molar-refractivity contribution in [1.29, 1.82) is 0 Å². The standard InChI is InChI=1S/C12H17FN2O3/c1-6(2)11(16)5-15-10-4-8(13)7(12(17)18)3-9(10)14/h3-4,6,11,15-16H,5,14H2,1-2H3,(H,17,18). The molecular weight excluding hydrogens is 239 g/mol. The molecule has 1 rings (SSSR count). The Kier molecular flexibility index (Phi) is 4.49. The van der Waals surface area contributed by atoms with E-state index in [1.165, 1.54) is 0 Å². The largest absolute Gasteiger partial charge is 0.478 e. The van der Waals surface area contributed by atoms with E-state index in [9.17, 15) is 14.3 Å². The molecule has 0 aliphatic rings. The fraction of sp³-hybridized carbons (Fsp3) is 0.417. The summed E-state index contributed by atoms with van der Waals surface area (Å²) in [6.45, 7) is 3.92. The first-order valence-electron chi connectivity index (χ1n) is 5.57. The number of benzene rings is 1. The molecule has 0 saturated carbocycles. The Morgan fingerprint density at radius 1 is 1.50 bits per heavy atom. The van der Waals surface area contributed by atoms with E-state index >= 15 is 0 Å². The van der Waals surface area contributed by atoms with E-state index in [0.29, 0.717) is 0 Å². The number of nitrogens with one attached hydrogen (secondary N) is 1. The molecule has 1 aromatic rings. The van der Waals surface area contributed by atoms with Crippen molar-refractivity contribution in [3.05, 3.63) is 23.5 Å². The summed E-state index contributed by atoms with van der Waals surface area (Å²) in [5.74, 6) is -2.17. The lowest BCUT2D eigenvalue weighted by Gasteiger charge is -2.17. The lowest BCUT2D eigenvalue weighted by atomic mass is 10.1. The van der Waals surface area contributed by atoms with Crippen LogP contribution < -0.4 is 11.1 Å². The van der Waals surface area contributed by atoms with E-state index in [-0.39, 0.29) is 23.8 Å². The Morgan fingerprint density at radius 3 is 2.61 bits per heavy atom. The zero-order chi connectivity index (χ0) is 13.9. The highest BCUT2D eigenvalue weighted by Crippen LogP contribution is 2.23. The molecule has 5 N–H and O–H groups in total. The minimum Gasteiger partial charge on any atom is -0.478 e. The van der Waals surface area contributed by atoms with Crippen LogP contribution in [0.15, 0.2) is 12.1 Å². The van der Waals surface area contributed by atoms with Crippen LogP contribution >= 0.6 is 0 Å². The molecule has 0 spiro atoms. The Hall–Kier alpha value is -1.82. The maximum Gasteiger partial charge on any atom is 0.338 e. The van der Waals surface area contributed by atoms with Crippen LogP contribution in [-0.4, -0.2) is 28.8 Å². The molecule has 0 amide bonds. The fourth-order valence-corrected chi connectivity index (χ4v) is 1.36. The summed E-state index contributed by atoms with van der Waals surface area (Å²) in [5, 5.41) is 21.1. The van der Waals surface area contributed by atoms with Crippen molar-refractivity contribution >= 4 is 17.3 Å². The number of nitrogens with two attached hydrogens (primary N) is 1. The first-order chi connectivity index (χ1) is 8.32. The zero-order valence-corrected chi connectivity index (χ0v) is 10.3. The second kappa shape index (κ2) is 5.68. The smallest absolute Gasteiger partial charge is 0.338 e. The Morgan fingerprint density at radius 2 is 2.11 bits per heavy atom. The number of aromatic carboxylic acids is 1. The van der Waals surface area contributed by atoms with Gasteiger partial charge in [-0.25, -0.2) is 9.18 Å². The third-order valence-corrected chi connectivity index (χ3v) is 2.64. The third kappa shape index (κ3) is 3.33. The summed E-state index contributed by atoms with van der Waals surface area (Å²) in [7, 11) is 0. The molecule has 0 aliphatic carbocycles. The predicted octanol–water partition coefficient (Wildman–Crippen LogP) is 1.53. The average Bonchev–Trinajstić information content (AvgIpc) is 2.28. The van der Waals surface area contributed by atoms with E-state index in [0.717, 1.165) is 12.1 Å². The molecule has 1 unspecified atom stereocenters. The highest BCUT2D eigenvalue weighted by atomic mass is 19.1. The Balaban J connectivity index is 2.85. The number of carboxylic acid groups (broad SMARTS) is 1. The van der Waals surface area contributed by atoms with Gasteiger partial charge in [0.15, 0.2) is 0 Å². The van der Waals surface area contributed by atoms with Crippen LogP contribution in [-0.2, 0) is 0 Å². The summed E-state index contributed by atoms with van der Waals surface area (Å²) in [5.41, 5.74) is 5.55. The van der Waals surface area contributed by atoms with Crippen LogP contribution in [0.25, 0.3) is 0 Å². The van der Waals surface area contributed by atoms with Gasteiger partial charge in [-0.1, -0.05) is 13.8 Å². The first-order valence-corrected chi connectivity index (χ1v) is 5.57. The SMILES string of the molecule is CC(C)C(O)CNc1cc(F)c(C(=O)O)cc1N. The van der Waals surface area contributed by atoms with Crippen molar-refractivity contribution in [3.8, 4) is 0 Å². The Bertz CT molecular complexity index is 449.